The minimum atomic E-state index is -0.170. The highest BCUT2D eigenvalue weighted by molar-refractivity contribution is 5.47. The molecule has 1 aliphatic rings. The number of fused-ring (bicyclic) bond motifs is 1. The zero-order valence-electron chi connectivity index (χ0n) is 12.7. The van der Waals surface area contributed by atoms with Crippen molar-refractivity contribution in [1.82, 2.24) is 15.1 Å². The molecule has 2 heterocycles. The van der Waals surface area contributed by atoms with E-state index in [-0.39, 0.29) is 5.56 Å². The molecular weight excluding hydrogens is 290 g/mol. The van der Waals surface area contributed by atoms with E-state index in [0.717, 1.165) is 19.3 Å². The zero-order valence-corrected chi connectivity index (χ0v) is 12.7. The number of benzene rings is 1. The molecule has 2 aromatic heterocycles. The summed E-state index contributed by atoms with van der Waals surface area (Å²) in [5.41, 5.74) is 3.33. The molecule has 4 rings (SSSR count). The maximum absolute atomic E-state index is 11.3. The van der Waals surface area contributed by atoms with Gasteiger partial charge in [0.1, 0.15) is 0 Å². The van der Waals surface area contributed by atoms with E-state index in [4.69, 9.17) is 4.52 Å². The Morgan fingerprint density at radius 1 is 1.17 bits per heavy atom. The number of pyridine rings is 1. The summed E-state index contributed by atoms with van der Waals surface area (Å²) in [4.78, 5) is 18.4. The van der Waals surface area contributed by atoms with Crippen LogP contribution in [0.3, 0.4) is 0 Å². The minimum Gasteiger partial charge on any atom is -0.339 e. The molecule has 1 atom stereocenters. The van der Waals surface area contributed by atoms with Gasteiger partial charge in [0.25, 0.3) is 0 Å². The van der Waals surface area contributed by atoms with Crippen LogP contribution in [0.15, 0.2) is 51.8 Å². The van der Waals surface area contributed by atoms with E-state index in [9.17, 15) is 4.79 Å². The Morgan fingerprint density at radius 2 is 2.09 bits per heavy atom. The van der Waals surface area contributed by atoms with Crippen molar-refractivity contribution < 1.29 is 4.52 Å². The highest BCUT2D eigenvalue weighted by atomic mass is 16.5. The molecule has 0 aliphatic heterocycles. The first-order valence-corrected chi connectivity index (χ1v) is 7.90. The van der Waals surface area contributed by atoms with Crippen LogP contribution in [0.5, 0.6) is 0 Å². The molecular formula is C18H17N3O2. The minimum absolute atomic E-state index is 0.170. The molecule has 1 aliphatic carbocycles. The third-order valence-corrected chi connectivity index (χ3v) is 4.44. The predicted molar refractivity (Wildman–Crippen MR) is 86.2 cm³/mol. The van der Waals surface area contributed by atoms with Crippen LogP contribution in [0.4, 0.5) is 0 Å². The largest absolute Gasteiger partial charge is 0.339 e. The number of aromatic amines is 1. The number of hydrogen-bond donors (Lipinski definition) is 1. The number of aromatic nitrogens is 3. The van der Waals surface area contributed by atoms with Gasteiger partial charge in [0.05, 0.1) is 5.69 Å². The van der Waals surface area contributed by atoms with Gasteiger partial charge in [0, 0.05) is 12.5 Å². The Balaban J connectivity index is 1.46. The Hall–Kier alpha value is -2.69. The van der Waals surface area contributed by atoms with E-state index in [2.05, 4.69) is 39.4 Å². The van der Waals surface area contributed by atoms with Crippen LogP contribution in [0.2, 0.25) is 0 Å². The first kappa shape index (κ1) is 13.9. The molecule has 5 nitrogen and oxygen atoms in total. The monoisotopic (exact) mass is 307 g/mol. The van der Waals surface area contributed by atoms with Crippen molar-refractivity contribution >= 4 is 0 Å². The highest BCUT2D eigenvalue weighted by Gasteiger charge is 2.22. The Morgan fingerprint density at radius 3 is 3.00 bits per heavy atom. The van der Waals surface area contributed by atoms with E-state index in [1.807, 2.05) is 0 Å². The van der Waals surface area contributed by atoms with Crippen LogP contribution in [0.1, 0.15) is 35.8 Å². The van der Waals surface area contributed by atoms with E-state index in [0.29, 0.717) is 23.3 Å². The summed E-state index contributed by atoms with van der Waals surface area (Å²) < 4.78 is 5.32. The van der Waals surface area contributed by atoms with Gasteiger partial charge in [0.2, 0.25) is 17.3 Å². The van der Waals surface area contributed by atoms with Crippen LogP contribution in [-0.2, 0) is 12.8 Å². The van der Waals surface area contributed by atoms with Crippen molar-refractivity contribution in [3.8, 4) is 11.5 Å². The van der Waals surface area contributed by atoms with Crippen LogP contribution >= 0.6 is 0 Å². The molecule has 0 amide bonds. The van der Waals surface area contributed by atoms with Gasteiger partial charge in [-0.25, -0.2) is 0 Å². The van der Waals surface area contributed by atoms with E-state index in [1.54, 1.807) is 12.1 Å². The smallest absolute Gasteiger partial charge is 0.248 e. The van der Waals surface area contributed by atoms with Crippen molar-refractivity contribution in [2.24, 2.45) is 0 Å². The molecule has 1 N–H and O–H groups in total. The van der Waals surface area contributed by atoms with E-state index >= 15 is 0 Å². The zero-order chi connectivity index (χ0) is 15.6. The van der Waals surface area contributed by atoms with Crippen LogP contribution < -0.4 is 5.56 Å². The van der Waals surface area contributed by atoms with Crippen molar-refractivity contribution in [3.05, 3.63) is 69.8 Å². The molecule has 1 aromatic carbocycles. The van der Waals surface area contributed by atoms with Crippen LogP contribution in [-0.4, -0.2) is 15.1 Å². The van der Waals surface area contributed by atoms with Gasteiger partial charge in [-0.2, -0.15) is 4.98 Å². The fourth-order valence-electron chi connectivity index (χ4n) is 3.29. The SMILES string of the molecule is O=c1cccc(-c2noc(CCC3CCc4ccccc43)n2)[nH]1. The summed E-state index contributed by atoms with van der Waals surface area (Å²) in [6.45, 7) is 0. The number of nitrogens with zero attached hydrogens (tertiary/aromatic N) is 2. The summed E-state index contributed by atoms with van der Waals surface area (Å²) in [6, 6.07) is 13.6. The fraction of sp³-hybridized carbons (Fsp3) is 0.278. The molecule has 1 unspecified atom stereocenters. The number of H-pyrrole nitrogens is 1. The first-order valence-electron chi connectivity index (χ1n) is 7.90. The summed E-state index contributed by atoms with van der Waals surface area (Å²) in [6.07, 6.45) is 4.10. The van der Waals surface area contributed by atoms with Crippen LogP contribution in [0, 0.1) is 0 Å². The lowest BCUT2D eigenvalue weighted by atomic mass is 9.96. The second-order valence-corrected chi connectivity index (χ2v) is 5.91. The third kappa shape index (κ3) is 2.82. The van der Waals surface area contributed by atoms with Gasteiger partial charge in [0.15, 0.2) is 0 Å². The van der Waals surface area contributed by atoms with Crippen molar-refractivity contribution in [1.29, 1.82) is 0 Å². The summed E-state index contributed by atoms with van der Waals surface area (Å²) in [7, 11) is 0. The Kier molecular flexibility index (Phi) is 3.54. The molecule has 3 aromatic rings. The standard InChI is InChI=1S/C18H17N3O2/c22-16-7-3-6-15(19-16)18-20-17(23-21-18)11-10-13-9-8-12-4-1-2-5-14(12)13/h1-7,13H,8-11H2,(H,19,22). The number of aryl methyl sites for hydroxylation is 2. The van der Waals surface area contributed by atoms with E-state index in [1.165, 1.54) is 23.6 Å². The Bertz CT molecular complexity index is 881. The molecule has 23 heavy (non-hydrogen) atoms. The first-order chi connectivity index (χ1) is 11.3. The molecule has 0 fully saturated rings. The quantitative estimate of drug-likeness (QED) is 0.804. The number of rotatable bonds is 4. The molecule has 0 spiro atoms. The van der Waals surface area contributed by atoms with Gasteiger partial charge >= 0.3 is 0 Å². The molecule has 116 valence electrons. The van der Waals surface area contributed by atoms with Gasteiger partial charge in [-0.15, -0.1) is 0 Å². The second kappa shape index (κ2) is 5.83. The topological polar surface area (TPSA) is 71.8 Å². The summed E-state index contributed by atoms with van der Waals surface area (Å²) >= 11 is 0. The van der Waals surface area contributed by atoms with Gasteiger partial charge in [-0.3, -0.25) is 4.79 Å². The lowest BCUT2D eigenvalue weighted by Gasteiger charge is -2.09. The lowest BCUT2D eigenvalue weighted by molar-refractivity contribution is 0.371. The van der Waals surface area contributed by atoms with Gasteiger partial charge < -0.3 is 9.51 Å². The number of hydrogen-bond acceptors (Lipinski definition) is 4. The average molecular weight is 307 g/mol. The van der Waals surface area contributed by atoms with Crippen molar-refractivity contribution in [3.63, 3.8) is 0 Å². The molecule has 0 saturated heterocycles. The molecule has 0 radical (unpaired) electrons. The molecule has 5 heteroatoms. The molecule has 0 bridgehead atoms. The van der Waals surface area contributed by atoms with Gasteiger partial charge in [-0.05, 0) is 42.4 Å². The van der Waals surface area contributed by atoms with Gasteiger partial charge in [-0.1, -0.05) is 35.5 Å². The second-order valence-electron chi connectivity index (χ2n) is 5.91. The Labute approximate surface area is 133 Å². The normalized spacial score (nSPS) is 16.4. The van der Waals surface area contributed by atoms with Crippen LogP contribution in [0.25, 0.3) is 11.5 Å². The number of nitrogens with one attached hydrogen (secondary N) is 1. The van der Waals surface area contributed by atoms with Crippen molar-refractivity contribution in [2.75, 3.05) is 0 Å². The third-order valence-electron chi connectivity index (χ3n) is 4.44. The molecule has 0 saturated carbocycles. The van der Waals surface area contributed by atoms with E-state index < -0.39 is 0 Å². The average Bonchev–Trinajstić information content (AvgIpc) is 3.20. The summed E-state index contributed by atoms with van der Waals surface area (Å²) in [5.74, 6) is 1.62. The van der Waals surface area contributed by atoms with Crippen molar-refractivity contribution in [2.45, 2.75) is 31.6 Å². The maximum Gasteiger partial charge on any atom is 0.248 e. The lowest BCUT2D eigenvalue weighted by Crippen LogP contribution is -2.04. The maximum atomic E-state index is 11.3. The summed E-state index contributed by atoms with van der Waals surface area (Å²) in [5, 5.41) is 3.96. The highest BCUT2D eigenvalue weighted by Crippen LogP contribution is 2.35. The fourth-order valence-corrected chi connectivity index (χ4v) is 3.29. The predicted octanol–water partition coefficient (Wildman–Crippen LogP) is 3.09.